The molecule has 1 aliphatic rings. The zero-order chi connectivity index (χ0) is 20.4. The topological polar surface area (TPSA) is 99.5 Å². The van der Waals surface area contributed by atoms with Crippen LogP contribution in [-0.2, 0) is 19.1 Å². The highest BCUT2D eigenvalue weighted by molar-refractivity contribution is 8.00. The third-order valence-electron chi connectivity index (χ3n) is 5.11. The lowest BCUT2D eigenvalue weighted by Gasteiger charge is -2.31. The molecule has 0 saturated heterocycles. The first kappa shape index (κ1) is 23.3. The zero-order valence-corrected chi connectivity index (χ0v) is 17.6. The Bertz CT molecular complexity index is 570. The summed E-state index contributed by atoms with van der Waals surface area (Å²) in [4.78, 5) is 37.6. The molecule has 1 saturated carbocycles. The standard InChI is InChI=1S/C19H31N3O4S/c1-14(2)19(3,13-20)21-16(23)10-26-18(25)12-27-11-17(24)22(4)15-8-6-5-7-9-15/h14-15H,5-12H2,1-4H3,(H,21,23)/t19-/m1/s1. The molecule has 0 spiro atoms. The molecule has 2 amide bonds. The fraction of sp³-hybridized carbons (Fsp3) is 0.789. The first-order valence-corrected chi connectivity index (χ1v) is 10.6. The van der Waals surface area contributed by atoms with Crippen molar-refractivity contribution in [1.82, 2.24) is 10.2 Å². The van der Waals surface area contributed by atoms with Gasteiger partial charge in [0.05, 0.1) is 17.6 Å². The summed E-state index contributed by atoms with van der Waals surface area (Å²) in [7, 11) is 1.82. The first-order chi connectivity index (χ1) is 12.7. The summed E-state index contributed by atoms with van der Waals surface area (Å²) in [6.45, 7) is 4.85. The van der Waals surface area contributed by atoms with Crippen molar-refractivity contribution in [3.63, 3.8) is 0 Å². The van der Waals surface area contributed by atoms with E-state index in [9.17, 15) is 19.6 Å². The second-order valence-corrected chi connectivity index (χ2v) is 8.45. The van der Waals surface area contributed by atoms with Gasteiger partial charge < -0.3 is 15.0 Å². The Kier molecular flexibility index (Phi) is 9.64. The number of amides is 2. The van der Waals surface area contributed by atoms with Crippen LogP contribution >= 0.6 is 11.8 Å². The lowest BCUT2D eigenvalue weighted by atomic mass is 9.90. The molecule has 8 heteroatoms. The highest BCUT2D eigenvalue weighted by Gasteiger charge is 2.30. The lowest BCUT2D eigenvalue weighted by Crippen LogP contribution is -2.50. The van der Waals surface area contributed by atoms with Gasteiger partial charge in [-0.15, -0.1) is 11.8 Å². The van der Waals surface area contributed by atoms with Crippen molar-refractivity contribution in [3.05, 3.63) is 0 Å². The Morgan fingerprint density at radius 3 is 2.44 bits per heavy atom. The number of nitrogens with zero attached hydrogens (tertiary/aromatic N) is 2. The third kappa shape index (κ3) is 7.79. The molecule has 0 radical (unpaired) electrons. The molecule has 0 aromatic rings. The number of nitriles is 1. The molecular formula is C19H31N3O4S. The van der Waals surface area contributed by atoms with Gasteiger partial charge in [-0.05, 0) is 25.7 Å². The normalized spacial score (nSPS) is 16.9. The minimum atomic E-state index is -1.01. The third-order valence-corrected chi connectivity index (χ3v) is 6.00. The van der Waals surface area contributed by atoms with E-state index in [2.05, 4.69) is 11.4 Å². The molecule has 0 aliphatic heterocycles. The number of rotatable bonds is 9. The van der Waals surface area contributed by atoms with Crippen LogP contribution in [0.2, 0.25) is 0 Å². The van der Waals surface area contributed by atoms with E-state index in [4.69, 9.17) is 4.74 Å². The van der Waals surface area contributed by atoms with E-state index in [1.165, 1.54) is 18.2 Å². The van der Waals surface area contributed by atoms with Gasteiger partial charge >= 0.3 is 5.97 Å². The maximum atomic E-state index is 12.2. The van der Waals surface area contributed by atoms with Crippen LogP contribution in [0.1, 0.15) is 52.9 Å². The highest BCUT2D eigenvalue weighted by Crippen LogP contribution is 2.22. The Labute approximate surface area is 166 Å². The van der Waals surface area contributed by atoms with Crippen molar-refractivity contribution in [2.24, 2.45) is 5.92 Å². The molecule has 1 aliphatic carbocycles. The van der Waals surface area contributed by atoms with E-state index in [-0.39, 0.29) is 23.3 Å². The van der Waals surface area contributed by atoms with Crippen LogP contribution in [0.4, 0.5) is 0 Å². The van der Waals surface area contributed by atoms with Crippen molar-refractivity contribution in [2.45, 2.75) is 64.5 Å². The number of esters is 1. The molecule has 1 rings (SSSR count). The predicted octanol–water partition coefficient (Wildman–Crippen LogP) is 2.11. The fourth-order valence-electron chi connectivity index (χ4n) is 2.81. The summed E-state index contributed by atoms with van der Waals surface area (Å²) in [5.41, 5.74) is -1.01. The summed E-state index contributed by atoms with van der Waals surface area (Å²) >= 11 is 1.19. The second-order valence-electron chi connectivity index (χ2n) is 7.47. The van der Waals surface area contributed by atoms with Crippen molar-refractivity contribution < 1.29 is 19.1 Å². The van der Waals surface area contributed by atoms with Crippen LogP contribution in [0, 0.1) is 17.2 Å². The molecule has 1 fully saturated rings. The Hall–Kier alpha value is -1.75. The monoisotopic (exact) mass is 397 g/mol. The molecule has 0 aromatic carbocycles. The van der Waals surface area contributed by atoms with Crippen LogP contribution in [0.5, 0.6) is 0 Å². The second kappa shape index (κ2) is 11.2. The Balaban J connectivity index is 2.26. The van der Waals surface area contributed by atoms with Crippen LogP contribution in [-0.4, -0.2) is 59.4 Å². The molecule has 27 heavy (non-hydrogen) atoms. The molecule has 0 heterocycles. The summed E-state index contributed by atoms with van der Waals surface area (Å²) in [6, 6.07) is 2.37. The molecular weight excluding hydrogens is 366 g/mol. The van der Waals surface area contributed by atoms with Crippen LogP contribution in [0.3, 0.4) is 0 Å². The minimum absolute atomic E-state index is 0.0111. The summed E-state index contributed by atoms with van der Waals surface area (Å²) < 4.78 is 4.93. The van der Waals surface area contributed by atoms with Gasteiger partial charge in [0.25, 0.3) is 5.91 Å². The average Bonchev–Trinajstić information content (AvgIpc) is 2.66. The smallest absolute Gasteiger partial charge is 0.316 e. The van der Waals surface area contributed by atoms with E-state index in [0.717, 1.165) is 25.7 Å². The highest BCUT2D eigenvalue weighted by atomic mass is 32.2. The van der Waals surface area contributed by atoms with Crippen molar-refractivity contribution in [1.29, 1.82) is 5.26 Å². The lowest BCUT2D eigenvalue weighted by molar-refractivity contribution is -0.146. The quantitative estimate of drug-likeness (QED) is 0.598. The maximum Gasteiger partial charge on any atom is 0.316 e. The van der Waals surface area contributed by atoms with Gasteiger partial charge in [-0.3, -0.25) is 14.4 Å². The van der Waals surface area contributed by atoms with E-state index in [0.29, 0.717) is 6.04 Å². The number of carbonyl (C=O) groups is 3. The van der Waals surface area contributed by atoms with Crippen molar-refractivity contribution in [3.8, 4) is 6.07 Å². The molecule has 7 nitrogen and oxygen atoms in total. The number of ether oxygens (including phenoxy) is 1. The zero-order valence-electron chi connectivity index (χ0n) is 16.7. The summed E-state index contributed by atoms with van der Waals surface area (Å²) in [5, 5.41) is 11.8. The Morgan fingerprint density at radius 2 is 1.89 bits per heavy atom. The van der Waals surface area contributed by atoms with Gasteiger partial charge in [-0.1, -0.05) is 33.1 Å². The van der Waals surface area contributed by atoms with E-state index in [1.54, 1.807) is 11.8 Å². The molecule has 152 valence electrons. The average molecular weight is 398 g/mol. The molecule has 0 bridgehead atoms. The fourth-order valence-corrected chi connectivity index (χ4v) is 3.54. The minimum Gasteiger partial charge on any atom is -0.455 e. The van der Waals surface area contributed by atoms with E-state index < -0.39 is 24.0 Å². The van der Waals surface area contributed by atoms with Gasteiger partial charge in [0.2, 0.25) is 5.91 Å². The maximum absolute atomic E-state index is 12.2. The summed E-state index contributed by atoms with van der Waals surface area (Å²) in [5.74, 6) is -0.902. The first-order valence-electron chi connectivity index (χ1n) is 9.41. The predicted molar refractivity (Wildman–Crippen MR) is 105 cm³/mol. The van der Waals surface area contributed by atoms with Gasteiger partial charge in [-0.2, -0.15) is 5.26 Å². The SMILES string of the molecule is CC(C)[C@@](C)(C#N)NC(=O)COC(=O)CSCC(=O)N(C)C1CCCCC1. The van der Waals surface area contributed by atoms with Crippen molar-refractivity contribution in [2.75, 3.05) is 25.2 Å². The van der Waals surface area contributed by atoms with Gasteiger partial charge in [0, 0.05) is 13.1 Å². The largest absolute Gasteiger partial charge is 0.455 e. The van der Waals surface area contributed by atoms with Crippen LogP contribution < -0.4 is 5.32 Å². The number of thioether (sulfide) groups is 1. The number of hydrogen-bond donors (Lipinski definition) is 1. The van der Waals surface area contributed by atoms with Gasteiger partial charge in [-0.25, -0.2) is 0 Å². The molecule has 0 unspecified atom stereocenters. The van der Waals surface area contributed by atoms with Crippen LogP contribution in [0.25, 0.3) is 0 Å². The molecule has 0 aromatic heterocycles. The van der Waals surface area contributed by atoms with Crippen molar-refractivity contribution >= 4 is 29.5 Å². The van der Waals surface area contributed by atoms with Crippen LogP contribution in [0.15, 0.2) is 0 Å². The summed E-state index contributed by atoms with van der Waals surface area (Å²) in [6.07, 6.45) is 5.64. The van der Waals surface area contributed by atoms with Gasteiger partial charge in [0.15, 0.2) is 6.61 Å². The van der Waals surface area contributed by atoms with E-state index >= 15 is 0 Å². The number of carbonyl (C=O) groups excluding carboxylic acids is 3. The van der Waals surface area contributed by atoms with E-state index in [1.807, 2.05) is 20.9 Å². The number of hydrogen-bond acceptors (Lipinski definition) is 6. The number of nitrogens with one attached hydrogen (secondary N) is 1. The molecule has 1 atom stereocenters. The Morgan fingerprint density at radius 1 is 1.26 bits per heavy atom. The molecule has 1 N–H and O–H groups in total. The van der Waals surface area contributed by atoms with Gasteiger partial charge in [0.1, 0.15) is 5.54 Å².